The van der Waals surface area contributed by atoms with Crippen molar-refractivity contribution in [2.75, 3.05) is 25.0 Å². The van der Waals surface area contributed by atoms with Gasteiger partial charge in [0.2, 0.25) is 11.8 Å². The molecule has 0 aromatic heterocycles. The smallest absolute Gasteiger partial charge is 0.241 e. The van der Waals surface area contributed by atoms with Gasteiger partial charge in [-0.2, -0.15) is 0 Å². The van der Waals surface area contributed by atoms with Gasteiger partial charge in [0.05, 0.1) is 12.2 Å². The molecule has 0 saturated carbocycles. The molecule has 1 unspecified atom stereocenters. The zero-order valence-corrected chi connectivity index (χ0v) is 12.7. The fourth-order valence-corrected chi connectivity index (χ4v) is 2.55. The first-order chi connectivity index (χ1) is 10.9. The van der Waals surface area contributed by atoms with Gasteiger partial charge in [-0.05, 0) is 12.8 Å². The Bertz CT molecular complexity index is 610. The molecule has 1 heterocycles. The van der Waals surface area contributed by atoms with Crippen molar-refractivity contribution in [2.45, 2.75) is 25.8 Å². The Kier molecular flexibility index (Phi) is 5.46. The van der Waals surface area contributed by atoms with E-state index < -0.39 is 17.5 Å². The van der Waals surface area contributed by atoms with Gasteiger partial charge in [0.1, 0.15) is 5.82 Å². The first-order valence-corrected chi connectivity index (χ1v) is 7.30. The van der Waals surface area contributed by atoms with Gasteiger partial charge in [-0.3, -0.25) is 9.59 Å². The summed E-state index contributed by atoms with van der Waals surface area (Å²) in [5.74, 6) is -3.90. The summed E-state index contributed by atoms with van der Waals surface area (Å²) in [5, 5.41) is 5.23. The number of benzene rings is 1. The SMILES string of the molecule is CC(=O)NC1CCCN(C(=O)CNc2cc(F)c(F)cc2F)C1. The average Bonchev–Trinajstić information content (AvgIpc) is 2.49. The van der Waals surface area contributed by atoms with E-state index in [0.717, 1.165) is 12.8 Å². The van der Waals surface area contributed by atoms with E-state index in [4.69, 9.17) is 0 Å². The number of amides is 2. The van der Waals surface area contributed by atoms with Gasteiger partial charge in [0.15, 0.2) is 11.6 Å². The summed E-state index contributed by atoms with van der Waals surface area (Å²) in [6.07, 6.45) is 1.53. The molecule has 1 aliphatic heterocycles. The van der Waals surface area contributed by atoms with Crippen molar-refractivity contribution in [1.82, 2.24) is 10.2 Å². The molecule has 1 fully saturated rings. The molecule has 1 aromatic rings. The number of piperidine rings is 1. The summed E-state index contributed by atoms with van der Waals surface area (Å²) in [4.78, 5) is 24.7. The van der Waals surface area contributed by atoms with Crippen LogP contribution in [0.15, 0.2) is 12.1 Å². The van der Waals surface area contributed by atoms with Gasteiger partial charge in [-0.15, -0.1) is 0 Å². The van der Waals surface area contributed by atoms with E-state index in [2.05, 4.69) is 10.6 Å². The van der Waals surface area contributed by atoms with Gasteiger partial charge < -0.3 is 15.5 Å². The molecular formula is C15H18F3N3O2. The van der Waals surface area contributed by atoms with E-state index in [1.54, 1.807) is 4.90 Å². The highest BCUT2D eigenvalue weighted by Gasteiger charge is 2.24. The Labute approximate surface area is 131 Å². The minimum absolute atomic E-state index is 0.106. The van der Waals surface area contributed by atoms with Gasteiger partial charge in [-0.25, -0.2) is 13.2 Å². The fourth-order valence-electron chi connectivity index (χ4n) is 2.55. The van der Waals surface area contributed by atoms with E-state index >= 15 is 0 Å². The van der Waals surface area contributed by atoms with Crippen LogP contribution in [0.1, 0.15) is 19.8 Å². The lowest BCUT2D eigenvalue weighted by atomic mass is 10.1. The molecule has 8 heteroatoms. The lowest BCUT2D eigenvalue weighted by Crippen LogP contribution is -2.50. The third-order valence-electron chi connectivity index (χ3n) is 3.62. The summed E-state index contributed by atoms with van der Waals surface area (Å²) in [6, 6.07) is 0.995. The number of nitrogens with zero attached hydrogens (tertiary/aromatic N) is 1. The van der Waals surface area contributed by atoms with Crippen LogP contribution in [0.3, 0.4) is 0 Å². The topological polar surface area (TPSA) is 61.4 Å². The number of nitrogens with one attached hydrogen (secondary N) is 2. The Morgan fingerprint density at radius 2 is 1.91 bits per heavy atom. The lowest BCUT2D eigenvalue weighted by Gasteiger charge is -2.33. The van der Waals surface area contributed by atoms with Crippen molar-refractivity contribution < 1.29 is 22.8 Å². The molecule has 0 spiro atoms. The number of hydrogen-bond acceptors (Lipinski definition) is 3. The van der Waals surface area contributed by atoms with Crippen molar-refractivity contribution in [3.63, 3.8) is 0 Å². The number of carbonyl (C=O) groups excluding carboxylic acids is 2. The molecule has 2 rings (SSSR count). The third-order valence-corrected chi connectivity index (χ3v) is 3.62. The molecule has 2 N–H and O–H groups in total. The van der Waals surface area contributed by atoms with E-state index in [9.17, 15) is 22.8 Å². The Hall–Kier alpha value is -2.25. The minimum Gasteiger partial charge on any atom is -0.374 e. The van der Waals surface area contributed by atoms with Crippen LogP contribution in [-0.4, -0.2) is 42.4 Å². The highest BCUT2D eigenvalue weighted by Crippen LogP contribution is 2.18. The van der Waals surface area contributed by atoms with Crippen molar-refractivity contribution >= 4 is 17.5 Å². The summed E-state index contributed by atoms with van der Waals surface area (Å²) in [5.41, 5.74) is -0.271. The van der Waals surface area contributed by atoms with Crippen LogP contribution in [-0.2, 0) is 9.59 Å². The number of halogens is 3. The van der Waals surface area contributed by atoms with Crippen LogP contribution in [0.25, 0.3) is 0 Å². The van der Waals surface area contributed by atoms with E-state index in [-0.39, 0.29) is 30.1 Å². The average molecular weight is 329 g/mol. The summed E-state index contributed by atoms with van der Waals surface area (Å²) >= 11 is 0. The molecule has 1 aliphatic rings. The van der Waals surface area contributed by atoms with Crippen molar-refractivity contribution in [2.24, 2.45) is 0 Å². The third kappa shape index (κ3) is 4.61. The maximum absolute atomic E-state index is 13.5. The summed E-state index contributed by atoms with van der Waals surface area (Å²) < 4.78 is 39.4. The zero-order chi connectivity index (χ0) is 17.0. The van der Waals surface area contributed by atoms with Crippen LogP contribution >= 0.6 is 0 Å². The predicted molar refractivity (Wildman–Crippen MR) is 78.2 cm³/mol. The second-order valence-electron chi connectivity index (χ2n) is 5.48. The number of rotatable bonds is 4. The molecule has 1 aromatic carbocycles. The number of likely N-dealkylation sites (tertiary alicyclic amines) is 1. The first-order valence-electron chi connectivity index (χ1n) is 7.30. The molecule has 2 amide bonds. The van der Waals surface area contributed by atoms with E-state index in [0.29, 0.717) is 25.2 Å². The van der Waals surface area contributed by atoms with E-state index in [1.807, 2.05) is 0 Å². The Morgan fingerprint density at radius 3 is 2.61 bits per heavy atom. The Balaban J connectivity index is 1.92. The van der Waals surface area contributed by atoms with Crippen LogP contribution in [0.2, 0.25) is 0 Å². The minimum atomic E-state index is -1.28. The highest BCUT2D eigenvalue weighted by molar-refractivity contribution is 5.81. The Morgan fingerprint density at radius 1 is 1.22 bits per heavy atom. The monoisotopic (exact) mass is 329 g/mol. The molecular weight excluding hydrogens is 311 g/mol. The van der Waals surface area contributed by atoms with Crippen LogP contribution in [0.4, 0.5) is 18.9 Å². The number of hydrogen-bond donors (Lipinski definition) is 2. The maximum Gasteiger partial charge on any atom is 0.241 e. The zero-order valence-electron chi connectivity index (χ0n) is 12.7. The quantitative estimate of drug-likeness (QED) is 0.826. The summed E-state index contributed by atoms with van der Waals surface area (Å²) in [7, 11) is 0. The standard InChI is InChI=1S/C15H18F3N3O2/c1-9(22)20-10-3-2-4-21(8-10)15(23)7-19-14-6-12(17)11(16)5-13(14)18/h5-6,10,19H,2-4,7-8H2,1H3,(H,20,22). The fraction of sp³-hybridized carbons (Fsp3) is 0.467. The maximum atomic E-state index is 13.5. The van der Waals surface area contributed by atoms with Crippen LogP contribution in [0, 0.1) is 17.5 Å². The van der Waals surface area contributed by atoms with Gasteiger partial charge >= 0.3 is 0 Å². The number of anilines is 1. The normalized spacial score (nSPS) is 17.7. The van der Waals surface area contributed by atoms with Crippen molar-refractivity contribution in [3.8, 4) is 0 Å². The molecule has 1 saturated heterocycles. The molecule has 5 nitrogen and oxygen atoms in total. The highest BCUT2D eigenvalue weighted by atomic mass is 19.2. The first kappa shape index (κ1) is 17.1. The van der Waals surface area contributed by atoms with Crippen LogP contribution in [0.5, 0.6) is 0 Å². The van der Waals surface area contributed by atoms with Crippen molar-refractivity contribution in [1.29, 1.82) is 0 Å². The molecule has 1 atom stereocenters. The van der Waals surface area contributed by atoms with Crippen LogP contribution < -0.4 is 10.6 Å². The largest absolute Gasteiger partial charge is 0.374 e. The molecule has 0 bridgehead atoms. The molecule has 0 aliphatic carbocycles. The lowest BCUT2D eigenvalue weighted by molar-refractivity contribution is -0.131. The second kappa shape index (κ2) is 7.34. The van der Waals surface area contributed by atoms with E-state index in [1.165, 1.54) is 6.92 Å². The number of carbonyl (C=O) groups is 2. The second-order valence-corrected chi connectivity index (χ2v) is 5.48. The van der Waals surface area contributed by atoms with Gasteiger partial charge in [0.25, 0.3) is 0 Å². The molecule has 23 heavy (non-hydrogen) atoms. The molecule has 0 radical (unpaired) electrons. The molecule has 126 valence electrons. The predicted octanol–water partition coefficient (Wildman–Crippen LogP) is 1.64. The summed E-state index contributed by atoms with van der Waals surface area (Å²) in [6.45, 7) is 2.08. The van der Waals surface area contributed by atoms with Gasteiger partial charge in [0, 0.05) is 38.2 Å². The van der Waals surface area contributed by atoms with Gasteiger partial charge in [-0.1, -0.05) is 0 Å². The van der Waals surface area contributed by atoms with Crippen molar-refractivity contribution in [3.05, 3.63) is 29.6 Å².